The van der Waals surface area contributed by atoms with Crippen molar-refractivity contribution in [2.45, 2.75) is 109 Å². The normalized spacial score (nSPS) is 20.1. The number of hydrogen-bond donors (Lipinski definition) is 2. The van der Waals surface area contributed by atoms with Crippen LogP contribution in [0.5, 0.6) is 0 Å². The van der Waals surface area contributed by atoms with E-state index in [2.05, 4.69) is 15.4 Å². The van der Waals surface area contributed by atoms with Gasteiger partial charge in [0.25, 0.3) is 11.7 Å². The summed E-state index contributed by atoms with van der Waals surface area (Å²) < 4.78 is 43.7. The third-order valence-electron chi connectivity index (χ3n) is 8.02. The van der Waals surface area contributed by atoms with Crippen LogP contribution in [0.2, 0.25) is 5.02 Å². The van der Waals surface area contributed by atoms with Crippen LogP contribution in [0.4, 0.5) is 0 Å². The van der Waals surface area contributed by atoms with E-state index in [1.807, 2.05) is 0 Å². The van der Waals surface area contributed by atoms with Gasteiger partial charge >= 0.3 is 35.8 Å². The summed E-state index contributed by atoms with van der Waals surface area (Å²) in [5.41, 5.74) is 0.598. The maximum Gasteiger partial charge on any atom is 0.366 e. The van der Waals surface area contributed by atoms with Gasteiger partial charge in [0.05, 0.1) is 46.3 Å². The molecule has 0 radical (unpaired) electrons. The molecule has 306 valence electrons. The van der Waals surface area contributed by atoms with E-state index < -0.39 is 97.5 Å². The van der Waals surface area contributed by atoms with Gasteiger partial charge < -0.3 is 48.5 Å². The second-order valence-corrected chi connectivity index (χ2v) is 12.9. The minimum atomic E-state index is -2.36. The molecule has 6 atom stereocenters. The molecular formula is C36H49ClN2O16. The smallest absolute Gasteiger partial charge is 0.366 e. The molecule has 1 aliphatic rings. The lowest BCUT2D eigenvalue weighted by Crippen LogP contribution is -2.70. The molecule has 0 aliphatic carbocycles. The van der Waals surface area contributed by atoms with Gasteiger partial charge in [-0.1, -0.05) is 36.6 Å². The quantitative estimate of drug-likeness (QED) is 0.102. The molecule has 1 aromatic rings. The summed E-state index contributed by atoms with van der Waals surface area (Å²) in [5.74, 6) is -8.71. The van der Waals surface area contributed by atoms with E-state index in [1.165, 1.54) is 7.11 Å². The molecule has 0 bridgehead atoms. The summed E-state index contributed by atoms with van der Waals surface area (Å²) in [5, 5.41) is 5.63. The maximum absolute atomic E-state index is 13.6. The zero-order chi connectivity index (χ0) is 41.1. The Kier molecular flexibility index (Phi) is 19.5. The highest BCUT2D eigenvalue weighted by Crippen LogP contribution is 2.37. The highest BCUT2D eigenvalue weighted by Gasteiger charge is 2.59. The molecule has 2 N–H and O–H groups in total. The van der Waals surface area contributed by atoms with Crippen molar-refractivity contribution in [3.63, 3.8) is 0 Å². The third kappa shape index (κ3) is 16.2. The van der Waals surface area contributed by atoms with Crippen LogP contribution in [-0.2, 0) is 82.7 Å². The number of benzene rings is 1. The molecule has 18 nitrogen and oxygen atoms in total. The predicted molar refractivity (Wildman–Crippen MR) is 189 cm³/mol. The Morgan fingerprint density at radius 3 is 2.07 bits per heavy atom. The molecule has 0 aromatic heterocycles. The van der Waals surface area contributed by atoms with Crippen molar-refractivity contribution in [2.75, 3.05) is 34.0 Å². The largest absolute Gasteiger partial charge is 0.469 e. The van der Waals surface area contributed by atoms with Gasteiger partial charge in [0.15, 0.2) is 18.8 Å². The lowest BCUT2D eigenvalue weighted by Gasteiger charge is -2.48. The number of ether oxygens (including phenoxy) is 8. The summed E-state index contributed by atoms with van der Waals surface area (Å²) in [6.45, 7) is 2.84. The van der Waals surface area contributed by atoms with Crippen LogP contribution in [0.25, 0.3) is 0 Å². The van der Waals surface area contributed by atoms with Crippen molar-refractivity contribution in [3.8, 4) is 0 Å². The van der Waals surface area contributed by atoms with Gasteiger partial charge in [0, 0.05) is 39.1 Å². The average molecular weight is 801 g/mol. The number of rotatable bonds is 21. The van der Waals surface area contributed by atoms with Crippen LogP contribution in [0.1, 0.15) is 71.8 Å². The van der Waals surface area contributed by atoms with Gasteiger partial charge in [-0.05, 0) is 30.5 Å². The van der Waals surface area contributed by atoms with E-state index in [9.17, 15) is 38.4 Å². The number of hydrogen-bond acceptors (Lipinski definition) is 16. The van der Waals surface area contributed by atoms with Crippen molar-refractivity contribution < 1.29 is 76.3 Å². The highest BCUT2D eigenvalue weighted by atomic mass is 35.5. The predicted octanol–water partition coefficient (Wildman–Crippen LogP) is 1.64. The Labute approximate surface area is 323 Å². The van der Waals surface area contributed by atoms with Crippen molar-refractivity contribution in [1.82, 2.24) is 10.6 Å². The molecule has 1 aliphatic heterocycles. The number of unbranched alkanes of at least 4 members (excludes halogenated alkanes) is 3. The summed E-state index contributed by atoms with van der Waals surface area (Å²) in [7, 11) is 2.34. The minimum Gasteiger partial charge on any atom is -0.469 e. The Hall–Kier alpha value is -4.81. The molecule has 1 aromatic carbocycles. The fraction of sp³-hybridized carbons (Fsp3) is 0.611. The average Bonchev–Trinajstić information content (AvgIpc) is 3.12. The molecular weight excluding hydrogens is 752 g/mol. The molecule has 55 heavy (non-hydrogen) atoms. The zero-order valence-electron chi connectivity index (χ0n) is 31.7. The van der Waals surface area contributed by atoms with Crippen molar-refractivity contribution >= 4 is 59.2 Å². The fourth-order valence-electron chi connectivity index (χ4n) is 5.67. The summed E-state index contributed by atoms with van der Waals surface area (Å²) in [6, 6.07) is 4.98. The second-order valence-electron chi connectivity index (χ2n) is 12.5. The molecule has 1 heterocycles. The lowest BCUT2D eigenvalue weighted by molar-refractivity contribution is -0.313. The highest BCUT2D eigenvalue weighted by molar-refractivity contribution is 6.30. The second kappa shape index (κ2) is 23.2. The van der Waals surface area contributed by atoms with Gasteiger partial charge in [0.2, 0.25) is 5.91 Å². The molecule has 1 fully saturated rings. The number of esters is 6. The van der Waals surface area contributed by atoms with Crippen LogP contribution in [0.3, 0.4) is 0 Å². The topological polar surface area (TPSA) is 234 Å². The van der Waals surface area contributed by atoms with Gasteiger partial charge in [-0.2, -0.15) is 0 Å². The molecule has 1 unspecified atom stereocenters. The first kappa shape index (κ1) is 46.3. The summed E-state index contributed by atoms with van der Waals surface area (Å²) in [6.07, 6.45) is -4.88. The van der Waals surface area contributed by atoms with Gasteiger partial charge in [-0.25, -0.2) is 4.79 Å². The number of amides is 2. The SMILES string of the molecule is COC(=O)CCCCCCO[C@]1(C(=O)OC)C[C@H](OC(C)=O)C(NC(=O)COC(C)=O)[C@H]([C@H](OC(C)=O)[C@@H](CNC(=O)Cc2ccc(Cl)cc2)OC(C)=O)O1. The summed E-state index contributed by atoms with van der Waals surface area (Å²) in [4.78, 5) is 100. The van der Waals surface area contributed by atoms with Gasteiger partial charge in [0.1, 0.15) is 12.2 Å². The zero-order valence-corrected chi connectivity index (χ0v) is 32.4. The first-order valence-corrected chi connectivity index (χ1v) is 17.8. The van der Waals surface area contributed by atoms with Gasteiger partial charge in [-0.15, -0.1) is 0 Å². The minimum absolute atomic E-state index is 0.118. The van der Waals surface area contributed by atoms with Crippen molar-refractivity contribution in [2.24, 2.45) is 0 Å². The third-order valence-corrected chi connectivity index (χ3v) is 8.28. The number of nitrogens with one attached hydrogen (secondary N) is 2. The van der Waals surface area contributed by atoms with Crippen molar-refractivity contribution in [3.05, 3.63) is 34.9 Å². The number of carbonyl (C=O) groups is 8. The van der Waals surface area contributed by atoms with Crippen LogP contribution >= 0.6 is 11.6 Å². The number of carbonyl (C=O) groups excluding carboxylic acids is 8. The lowest BCUT2D eigenvalue weighted by atomic mass is 9.87. The fourth-order valence-corrected chi connectivity index (χ4v) is 5.79. The Morgan fingerprint density at radius 2 is 1.49 bits per heavy atom. The molecule has 19 heteroatoms. The molecule has 0 saturated carbocycles. The number of methoxy groups -OCH3 is 2. The van der Waals surface area contributed by atoms with E-state index in [0.29, 0.717) is 36.3 Å². The van der Waals surface area contributed by atoms with E-state index in [0.717, 1.165) is 34.8 Å². The summed E-state index contributed by atoms with van der Waals surface area (Å²) >= 11 is 5.95. The van der Waals surface area contributed by atoms with Gasteiger partial charge in [-0.3, -0.25) is 33.6 Å². The van der Waals surface area contributed by atoms with E-state index in [-0.39, 0.29) is 25.4 Å². The van der Waals surface area contributed by atoms with Crippen LogP contribution in [-0.4, -0.2) is 118 Å². The maximum atomic E-state index is 13.6. The Balaban J connectivity index is 2.59. The Morgan fingerprint density at radius 1 is 0.836 bits per heavy atom. The molecule has 2 rings (SSSR count). The molecule has 1 saturated heterocycles. The molecule has 2 amide bonds. The number of halogens is 1. The standard InChI is InChI=1S/C36H49ClN2O16/c1-21(40)50-20-30(45)39-32-27(52-22(2)41)18-36(35(47)49-6,51-16-10-8-7-9-11-31(46)48-5)55-34(32)33(54-24(4)43)28(53-23(3)42)19-38-29(44)17-25-12-14-26(37)15-13-25/h12-15,27-28,32-34H,7-11,16-20H2,1-6H3,(H,38,44)(H,39,45)/t27-,28+,32?,33+,34+,36+/m0/s1. The van der Waals surface area contributed by atoms with Crippen LogP contribution in [0.15, 0.2) is 24.3 Å². The monoisotopic (exact) mass is 800 g/mol. The first-order chi connectivity index (χ1) is 26.0. The Bertz CT molecular complexity index is 1500. The van der Waals surface area contributed by atoms with E-state index in [4.69, 9.17) is 44.8 Å². The van der Waals surface area contributed by atoms with Crippen molar-refractivity contribution in [1.29, 1.82) is 0 Å². The van der Waals surface area contributed by atoms with E-state index >= 15 is 0 Å². The van der Waals surface area contributed by atoms with Crippen LogP contribution in [0, 0.1) is 0 Å². The van der Waals surface area contributed by atoms with Crippen LogP contribution < -0.4 is 10.6 Å². The van der Waals surface area contributed by atoms with E-state index in [1.54, 1.807) is 24.3 Å². The first-order valence-electron chi connectivity index (χ1n) is 17.4. The molecule has 0 spiro atoms.